The Balaban J connectivity index is 5.29. The van der Waals surface area contributed by atoms with E-state index in [0.717, 1.165) is 109 Å². The molecular weight excluding hydrogens is 1200 g/mol. The number of phosphoric acid groups is 2. The molecule has 536 valence electrons. The number of carbonyl (C=O) groups is 4. The first kappa shape index (κ1) is 88.5. The van der Waals surface area contributed by atoms with Crippen LogP contribution in [-0.2, 0) is 65.4 Å². The van der Waals surface area contributed by atoms with Crippen molar-refractivity contribution < 1.29 is 80.2 Å². The van der Waals surface area contributed by atoms with Crippen LogP contribution in [0.5, 0.6) is 0 Å². The van der Waals surface area contributed by atoms with Crippen molar-refractivity contribution >= 4 is 39.5 Å². The van der Waals surface area contributed by atoms with E-state index < -0.39 is 97.5 Å². The van der Waals surface area contributed by atoms with Crippen LogP contribution >= 0.6 is 15.6 Å². The van der Waals surface area contributed by atoms with Gasteiger partial charge in [-0.3, -0.25) is 37.3 Å². The van der Waals surface area contributed by atoms with Gasteiger partial charge in [0.15, 0.2) is 12.2 Å². The van der Waals surface area contributed by atoms with Gasteiger partial charge in [-0.05, 0) is 57.3 Å². The van der Waals surface area contributed by atoms with E-state index in [0.29, 0.717) is 25.7 Å². The predicted octanol–water partition coefficient (Wildman–Crippen LogP) is 20.5. The molecule has 0 aliphatic rings. The zero-order valence-corrected chi connectivity index (χ0v) is 60.3. The highest BCUT2D eigenvalue weighted by Crippen LogP contribution is 2.45. The number of esters is 4. The normalized spacial score (nSPS) is 14.2. The highest BCUT2D eigenvalue weighted by Gasteiger charge is 2.30. The summed E-state index contributed by atoms with van der Waals surface area (Å²) in [6.45, 7) is 7.17. The smallest absolute Gasteiger partial charge is 0.462 e. The molecule has 0 aliphatic carbocycles. The van der Waals surface area contributed by atoms with Gasteiger partial charge in [-0.2, -0.15) is 0 Å². The molecule has 0 saturated heterocycles. The van der Waals surface area contributed by atoms with Gasteiger partial charge in [-0.25, -0.2) is 9.13 Å². The van der Waals surface area contributed by atoms with Crippen molar-refractivity contribution in [2.45, 2.75) is 368 Å². The Morgan fingerprint density at radius 3 is 0.901 bits per heavy atom. The number of allylic oxidation sites excluding steroid dienone is 4. The zero-order valence-electron chi connectivity index (χ0n) is 58.5. The molecule has 2 unspecified atom stereocenters. The van der Waals surface area contributed by atoms with Gasteiger partial charge in [0, 0.05) is 25.7 Å². The van der Waals surface area contributed by atoms with Gasteiger partial charge >= 0.3 is 39.5 Å². The molecule has 91 heavy (non-hydrogen) atoms. The topological polar surface area (TPSA) is 237 Å². The summed E-state index contributed by atoms with van der Waals surface area (Å²) in [5, 5.41) is 10.6. The Morgan fingerprint density at radius 1 is 0.341 bits per heavy atom. The Kier molecular flexibility index (Phi) is 63.1. The molecule has 19 heteroatoms. The minimum Gasteiger partial charge on any atom is -0.462 e. The van der Waals surface area contributed by atoms with E-state index in [1.54, 1.807) is 0 Å². The van der Waals surface area contributed by atoms with E-state index in [4.69, 9.17) is 37.0 Å². The second-order valence-electron chi connectivity index (χ2n) is 25.8. The summed E-state index contributed by atoms with van der Waals surface area (Å²) < 4.78 is 68.3. The molecule has 0 aromatic heterocycles. The lowest BCUT2D eigenvalue weighted by Gasteiger charge is -2.21. The summed E-state index contributed by atoms with van der Waals surface area (Å²) in [5.74, 6) is -1.41. The second-order valence-corrected chi connectivity index (χ2v) is 28.7. The number of ether oxygens (including phenoxy) is 4. The fraction of sp³-hybridized carbons (Fsp3) is 0.889. The number of phosphoric ester groups is 2. The first-order chi connectivity index (χ1) is 44.0. The van der Waals surface area contributed by atoms with Crippen LogP contribution in [0.2, 0.25) is 0 Å². The van der Waals surface area contributed by atoms with Gasteiger partial charge < -0.3 is 33.8 Å². The number of aliphatic hydroxyl groups excluding tert-OH is 1. The molecule has 0 rings (SSSR count). The minimum atomic E-state index is -4.96. The van der Waals surface area contributed by atoms with E-state index in [1.165, 1.54) is 161 Å². The lowest BCUT2D eigenvalue weighted by atomic mass is 10.0. The zero-order chi connectivity index (χ0) is 67.0. The van der Waals surface area contributed by atoms with Gasteiger partial charge in [0.25, 0.3) is 0 Å². The Morgan fingerprint density at radius 2 is 0.593 bits per heavy atom. The molecule has 0 spiro atoms. The van der Waals surface area contributed by atoms with Gasteiger partial charge in [-0.15, -0.1) is 0 Å². The molecule has 0 aromatic rings. The summed E-state index contributed by atoms with van der Waals surface area (Å²) in [7, 11) is -9.91. The van der Waals surface area contributed by atoms with Crippen molar-refractivity contribution in [1.29, 1.82) is 0 Å². The minimum absolute atomic E-state index is 0.0855. The molecule has 0 aromatic carbocycles. The van der Waals surface area contributed by atoms with Crippen LogP contribution in [-0.4, -0.2) is 96.7 Å². The molecular formula is C72H136O17P2. The molecule has 17 nitrogen and oxygen atoms in total. The average molecular weight is 1340 g/mol. The van der Waals surface area contributed by atoms with Crippen molar-refractivity contribution in [1.82, 2.24) is 0 Å². The number of carbonyl (C=O) groups excluding carboxylic acids is 4. The van der Waals surface area contributed by atoms with E-state index >= 15 is 0 Å². The van der Waals surface area contributed by atoms with Gasteiger partial charge in [0.2, 0.25) is 0 Å². The molecule has 0 aliphatic heterocycles. The number of hydrogen-bond acceptors (Lipinski definition) is 15. The van der Waals surface area contributed by atoms with Crippen molar-refractivity contribution in [2.75, 3.05) is 39.6 Å². The lowest BCUT2D eigenvalue weighted by Crippen LogP contribution is -2.30. The van der Waals surface area contributed by atoms with E-state index in [-0.39, 0.29) is 25.7 Å². The van der Waals surface area contributed by atoms with Crippen LogP contribution in [0.3, 0.4) is 0 Å². The maximum atomic E-state index is 13.0. The molecule has 0 radical (unpaired) electrons. The molecule has 0 saturated carbocycles. The largest absolute Gasteiger partial charge is 0.472 e. The van der Waals surface area contributed by atoms with E-state index in [9.17, 15) is 43.2 Å². The number of aliphatic hydroxyl groups is 1. The van der Waals surface area contributed by atoms with Crippen molar-refractivity contribution in [3.8, 4) is 0 Å². The summed E-state index contributed by atoms with van der Waals surface area (Å²) in [6, 6.07) is 0. The van der Waals surface area contributed by atoms with Crippen LogP contribution in [0, 0.1) is 5.92 Å². The van der Waals surface area contributed by atoms with Crippen LogP contribution in [0.15, 0.2) is 24.3 Å². The summed E-state index contributed by atoms with van der Waals surface area (Å²) in [4.78, 5) is 72.6. The average Bonchev–Trinajstić information content (AvgIpc) is 3.35. The fourth-order valence-electron chi connectivity index (χ4n) is 10.5. The van der Waals surface area contributed by atoms with Crippen LogP contribution < -0.4 is 0 Å². The quantitative estimate of drug-likeness (QED) is 0.0169. The molecule has 3 N–H and O–H groups in total. The molecule has 0 heterocycles. The second kappa shape index (κ2) is 64.9. The predicted molar refractivity (Wildman–Crippen MR) is 368 cm³/mol. The summed E-state index contributed by atoms with van der Waals surface area (Å²) in [6.07, 6.45) is 54.8. The Hall–Kier alpha value is -2.46. The number of hydrogen-bond donors (Lipinski definition) is 3. The van der Waals surface area contributed by atoms with Crippen molar-refractivity contribution in [2.24, 2.45) is 5.92 Å². The first-order valence-corrected chi connectivity index (χ1v) is 39.9. The van der Waals surface area contributed by atoms with Crippen LogP contribution in [0.1, 0.15) is 349 Å². The fourth-order valence-corrected chi connectivity index (χ4v) is 12.0. The van der Waals surface area contributed by atoms with Gasteiger partial charge in [0.05, 0.1) is 26.4 Å². The maximum Gasteiger partial charge on any atom is 0.472 e. The van der Waals surface area contributed by atoms with Crippen molar-refractivity contribution in [3.05, 3.63) is 24.3 Å². The van der Waals surface area contributed by atoms with Gasteiger partial charge in [-0.1, -0.05) is 296 Å². The van der Waals surface area contributed by atoms with Crippen LogP contribution in [0.4, 0.5) is 0 Å². The van der Waals surface area contributed by atoms with Crippen LogP contribution in [0.25, 0.3) is 0 Å². The lowest BCUT2D eigenvalue weighted by molar-refractivity contribution is -0.161. The third-order valence-electron chi connectivity index (χ3n) is 16.2. The van der Waals surface area contributed by atoms with E-state index in [1.807, 2.05) is 0 Å². The number of unbranched alkanes of at least 4 members (excludes halogenated alkanes) is 39. The molecule has 0 fully saturated rings. The third-order valence-corrected chi connectivity index (χ3v) is 18.1. The number of rotatable bonds is 70. The van der Waals surface area contributed by atoms with Gasteiger partial charge in [0.1, 0.15) is 19.3 Å². The maximum absolute atomic E-state index is 13.0. The van der Waals surface area contributed by atoms with Crippen molar-refractivity contribution in [3.63, 3.8) is 0 Å². The highest BCUT2D eigenvalue weighted by atomic mass is 31.2. The van der Waals surface area contributed by atoms with E-state index in [2.05, 4.69) is 58.9 Å². The molecule has 0 bridgehead atoms. The molecule has 5 atom stereocenters. The standard InChI is InChI=1S/C72H136O17P2/c1-6-9-12-15-18-21-24-26-27-29-32-37-42-47-52-57-71(76)88-67(61-83-70(75)56-51-46-41-36-31-28-25-22-19-16-13-10-7-2)63-86-90(78,79)84-59-66(73)60-85-91(80,81)87-64-68(62-82-69(74)55-50-45-40-35-30-23-20-17-14-11-8-3)89-72(77)58-53-48-43-38-33-34-39-44-49-54-65(4)5/h21,24,26-27,65-68,73H,6-20,22-23,25,28-64H2,1-5H3,(H,78,79)(H,80,81)/b24-21-,27-26-/t66-,67-,68-/m1/s1. The third kappa shape index (κ3) is 66.0. The monoisotopic (exact) mass is 1330 g/mol. The first-order valence-electron chi connectivity index (χ1n) is 37.0. The summed E-state index contributed by atoms with van der Waals surface area (Å²) in [5.41, 5.74) is 0. The molecule has 0 amide bonds. The summed E-state index contributed by atoms with van der Waals surface area (Å²) >= 11 is 0. The Bertz CT molecular complexity index is 1850. The Labute approximate surface area is 554 Å². The highest BCUT2D eigenvalue weighted by molar-refractivity contribution is 7.47. The SMILES string of the molecule is CCCCCC/C=C\C=C/CCCCCCCC(=O)O[C@H](COC(=O)CCCCCCCCCCCCCCC)COP(=O)(O)OC[C@@H](O)COP(=O)(O)OC[C@@H](COC(=O)CCCCCCCCCCCCC)OC(=O)CCCCCCCCCCCC(C)C.